The van der Waals surface area contributed by atoms with Gasteiger partial charge in [0.25, 0.3) is 0 Å². The molecule has 3 nitrogen and oxygen atoms in total. The Morgan fingerprint density at radius 3 is 2.86 bits per heavy atom. The van der Waals surface area contributed by atoms with E-state index < -0.39 is 0 Å². The van der Waals surface area contributed by atoms with E-state index in [9.17, 15) is 0 Å². The van der Waals surface area contributed by atoms with Crippen molar-refractivity contribution in [2.45, 2.75) is 71.4 Å². The minimum atomic E-state index is 0.166. The third-order valence-electron chi connectivity index (χ3n) is 4.34. The molecule has 1 aliphatic rings. The highest BCUT2D eigenvalue weighted by Gasteiger charge is 2.18. The quantitative estimate of drug-likeness (QED) is 0.810. The lowest BCUT2D eigenvalue weighted by atomic mass is 9.93. The molecule has 120 valence electrons. The molecule has 1 aromatic rings. The molecule has 1 atom stereocenters. The second kappa shape index (κ2) is 7.70. The molecule has 1 aromatic heterocycles. The summed E-state index contributed by atoms with van der Waals surface area (Å²) in [5, 5.41) is 6.96. The standard InChI is InChI=1S/C17H31N3S/c1-14-8-5-6-10-20(14)11-7-9-18-12-16-19-15(13-21-16)17(2,3)4/h13-14,18H,5-12H2,1-4H3. The van der Waals surface area contributed by atoms with Crippen LogP contribution in [0.4, 0.5) is 0 Å². The smallest absolute Gasteiger partial charge is 0.107 e. The first-order chi connectivity index (χ1) is 9.97. The molecule has 0 aliphatic carbocycles. The minimum Gasteiger partial charge on any atom is -0.310 e. The Labute approximate surface area is 134 Å². The average molecular weight is 310 g/mol. The van der Waals surface area contributed by atoms with E-state index in [0.29, 0.717) is 0 Å². The molecule has 1 N–H and O–H groups in total. The predicted molar refractivity (Wildman–Crippen MR) is 92.0 cm³/mol. The fraction of sp³-hybridized carbons (Fsp3) is 0.824. The molecule has 2 rings (SSSR count). The first kappa shape index (κ1) is 16.9. The highest BCUT2D eigenvalue weighted by Crippen LogP contribution is 2.23. The van der Waals surface area contributed by atoms with Crippen LogP contribution in [0.5, 0.6) is 0 Å². The van der Waals surface area contributed by atoms with E-state index in [2.05, 4.69) is 43.3 Å². The maximum absolute atomic E-state index is 4.73. The van der Waals surface area contributed by atoms with E-state index in [1.165, 1.54) is 49.5 Å². The van der Waals surface area contributed by atoms with Gasteiger partial charge in [0.2, 0.25) is 0 Å². The van der Waals surface area contributed by atoms with E-state index in [1.54, 1.807) is 11.3 Å². The van der Waals surface area contributed by atoms with Crippen molar-refractivity contribution in [2.24, 2.45) is 0 Å². The van der Waals surface area contributed by atoms with Crippen LogP contribution < -0.4 is 5.32 Å². The van der Waals surface area contributed by atoms with Gasteiger partial charge in [0.1, 0.15) is 5.01 Å². The van der Waals surface area contributed by atoms with Gasteiger partial charge in [-0.1, -0.05) is 27.2 Å². The van der Waals surface area contributed by atoms with Gasteiger partial charge in [-0.3, -0.25) is 0 Å². The Kier molecular flexibility index (Phi) is 6.20. The molecule has 2 heterocycles. The highest BCUT2D eigenvalue weighted by atomic mass is 32.1. The van der Waals surface area contributed by atoms with Gasteiger partial charge in [0, 0.05) is 23.4 Å². The number of rotatable bonds is 6. The van der Waals surface area contributed by atoms with E-state index >= 15 is 0 Å². The van der Waals surface area contributed by atoms with Gasteiger partial charge in [-0.05, 0) is 45.8 Å². The van der Waals surface area contributed by atoms with Crippen molar-refractivity contribution in [1.29, 1.82) is 0 Å². The molecule has 4 heteroatoms. The van der Waals surface area contributed by atoms with Gasteiger partial charge < -0.3 is 10.2 Å². The van der Waals surface area contributed by atoms with Crippen molar-refractivity contribution < 1.29 is 0 Å². The zero-order valence-electron chi connectivity index (χ0n) is 14.1. The van der Waals surface area contributed by atoms with Gasteiger partial charge in [0.15, 0.2) is 0 Å². The van der Waals surface area contributed by atoms with Crippen LogP contribution in [0.25, 0.3) is 0 Å². The normalized spacial score (nSPS) is 20.9. The Morgan fingerprint density at radius 1 is 1.38 bits per heavy atom. The Morgan fingerprint density at radius 2 is 2.19 bits per heavy atom. The largest absolute Gasteiger partial charge is 0.310 e. The fourth-order valence-electron chi connectivity index (χ4n) is 2.83. The summed E-state index contributed by atoms with van der Waals surface area (Å²) >= 11 is 1.78. The molecular weight excluding hydrogens is 278 g/mol. The molecule has 0 saturated carbocycles. The number of nitrogens with zero attached hydrogens (tertiary/aromatic N) is 2. The summed E-state index contributed by atoms with van der Waals surface area (Å²) in [5.74, 6) is 0. The zero-order valence-corrected chi connectivity index (χ0v) is 14.9. The van der Waals surface area contributed by atoms with Gasteiger partial charge in [-0.2, -0.15) is 0 Å². The Bertz CT molecular complexity index is 422. The van der Waals surface area contributed by atoms with Crippen molar-refractivity contribution in [1.82, 2.24) is 15.2 Å². The SMILES string of the molecule is CC1CCCCN1CCCNCc1nc(C(C)(C)C)cs1. The van der Waals surface area contributed by atoms with Gasteiger partial charge >= 0.3 is 0 Å². The van der Waals surface area contributed by atoms with E-state index in [-0.39, 0.29) is 5.41 Å². The summed E-state index contributed by atoms with van der Waals surface area (Å²) in [5.41, 5.74) is 1.38. The van der Waals surface area contributed by atoms with Gasteiger partial charge in [-0.25, -0.2) is 4.98 Å². The maximum atomic E-state index is 4.73. The molecular formula is C17H31N3S. The van der Waals surface area contributed by atoms with Crippen LogP contribution in [0.1, 0.15) is 64.1 Å². The molecule has 1 aliphatic heterocycles. The van der Waals surface area contributed by atoms with Crippen molar-refractivity contribution in [3.05, 3.63) is 16.1 Å². The molecule has 0 aromatic carbocycles. The topological polar surface area (TPSA) is 28.2 Å². The van der Waals surface area contributed by atoms with Crippen LogP contribution in [0.3, 0.4) is 0 Å². The number of hydrogen-bond donors (Lipinski definition) is 1. The maximum Gasteiger partial charge on any atom is 0.107 e. The van der Waals surface area contributed by atoms with Gasteiger partial charge in [-0.15, -0.1) is 11.3 Å². The van der Waals surface area contributed by atoms with E-state index in [0.717, 1.165) is 19.1 Å². The van der Waals surface area contributed by atoms with Crippen molar-refractivity contribution in [3.63, 3.8) is 0 Å². The number of hydrogen-bond acceptors (Lipinski definition) is 4. The number of nitrogens with one attached hydrogen (secondary N) is 1. The molecule has 0 spiro atoms. The summed E-state index contributed by atoms with van der Waals surface area (Å²) in [6.07, 6.45) is 5.41. The van der Waals surface area contributed by atoms with Crippen LogP contribution in [0.2, 0.25) is 0 Å². The molecule has 0 radical (unpaired) electrons. The van der Waals surface area contributed by atoms with Crippen LogP contribution in [-0.2, 0) is 12.0 Å². The summed E-state index contributed by atoms with van der Waals surface area (Å²) < 4.78 is 0. The average Bonchev–Trinajstić information content (AvgIpc) is 2.89. The van der Waals surface area contributed by atoms with Crippen LogP contribution in [0, 0.1) is 0 Å². The minimum absolute atomic E-state index is 0.166. The third-order valence-corrected chi connectivity index (χ3v) is 5.18. The Balaban J connectivity index is 1.62. The monoisotopic (exact) mass is 309 g/mol. The van der Waals surface area contributed by atoms with Crippen molar-refractivity contribution in [3.8, 4) is 0 Å². The summed E-state index contributed by atoms with van der Waals surface area (Å²) in [4.78, 5) is 7.37. The van der Waals surface area contributed by atoms with Crippen molar-refractivity contribution in [2.75, 3.05) is 19.6 Å². The zero-order chi connectivity index (χ0) is 15.3. The van der Waals surface area contributed by atoms with Gasteiger partial charge in [0.05, 0.1) is 5.69 Å². The summed E-state index contributed by atoms with van der Waals surface area (Å²) in [6, 6.07) is 0.784. The molecule has 0 amide bonds. The molecule has 1 unspecified atom stereocenters. The second-order valence-corrected chi connectivity index (χ2v) is 8.23. The lowest BCUT2D eigenvalue weighted by Gasteiger charge is -2.33. The molecule has 0 bridgehead atoms. The second-order valence-electron chi connectivity index (χ2n) is 7.29. The number of thiazole rings is 1. The Hall–Kier alpha value is -0.450. The number of aromatic nitrogens is 1. The fourth-order valence-corrected chi connectivity index (χ4v) is 3.82. The predicted octanol–water partition coefficient (Wildman–Crippen LogP) is 3.79. The van der Waals surface area contributed by atoms with Crippen LogP contribution in [0.15, 0.2) is 5.38 Å². The summed E-state index contributed by atoms with van der Waals surface area (Å²) in [6.45, 7) is 13.6. The van der Waals surface area contributed by atoms with E-state index in [4.69, 9.17) is 4.98 Å². The first-order valence-electron chi connectivity index (χ1n) is 8.36. The summed E-state index contributed by atoms with van der Waals surface area (Å²) in [7, 11) is 0. The highest BCUT2D eigenvalue weighted by molar-refractivity contribution is 7.09. The third kappa shape index (κ3) is 5.35. The lowest BCUT2D eigenvalue weighted by molar-refractivity contribution is 0.159. The number of likely N-dealkylation sites (tertiary alicyclic amines) is 1. The first-order valence-corrected chi connectivity index (χ1v) is 9.24. The molecule has 1 fully saturated rings. The van der Waals surface area contributed by atoms with Crippen molar-refractivity contribution >= 4 is 11.3 Å². The van der Waals surface area contributed by atoms with E-state index in [1.807, 2.05) is 0 Å². The molecule has 21 heavy (non-hydrogen) atoms. The molecule has 1 saturated heterocycles. The van der Waals surface area contributed by atoms with Crippen LogP contribution in [-0.4, -0.2) is 35.6 Å². The lowest BCUT2D eigenvalue weighted by Crippen LogP contribution is -2.38. The number of piperidine rings is 1. The van der Waals surface area contributed by atoms with Crippen LogP contribution >= 0.6 is 11.3 Å².